The molecule has 4 rings (SSSR count). The van der Waals surface area contributed by atoms with Crippen LogP contribution in [0.25, 0.3) is 0 Å². The maximum Gasteiger partial charge on any atom is 0.0691 e. The van der Waals surface area contributed by atoms with Crippen molar-refractivity contribution >= 4 is 0 Å². The third-order valence-electron chi connectivity index (χ3n) is 7.49. The van der Waals surface area contributed by atoms with Gasteiger partial charge in [-0.2, -0.15) is 0 Å². The van der Waals surface area contributed by atoms with E-state index in [2.05, 4.69) is 18.7 Å². The summed E-state index contributed by atoms with van der Waals surface area (Å²) in [5, 5.41) is 0. The van der Waals surface area contributed by atoms with Gasteiger partial charge >= 0.3 is 0 Å². The first-order valence-electron chi connectivity index (χ1n) is 9.18. The fourth-order valence-electron chi connectivity index (χ4n) is 6.06. The van der Waals surface area contributed by atoms with E-state index in [1.807, 2.05) is 0 Å². The largest absolute Gasteiger partial charge is 0.377 e. The Morgan fingerprint density at radius 1 is 1.10 bits per heavy atom. The zero-order chi connectivity index (χ0) is 14.7. The summed E-state index contributed by atoms with van der Waals surface area (Å²) in [7, 11) is 0. The summed E-state index contributed by atoms with van der Waals surface area (Å²) >= 11 is 0. The molecule has 2 saturated carbocycles. The van der Waals surface area contributed by atoms with E-state index in [-0.39, 0.29) is 11.0 Å². The van der Waals surface area contributed by atoms with E-state index in [0.717, 1.165) is 25.1 Å². The highest BCUT2D eigenvalue weighted by atomic mass is 16.5. The van der Waals surface area contributed by atoms with Crippen LogP contribution in [0.3, 0.4) is 0 Å². The molecular formula is C18H32N2O. The number of fused-ring (bicyclic) bond motifs is 1. The fraction of sp³-hybridized carbons (Fsp3) is 1.00. The first kappa shape index (κ1) is 14.5. The predicted molar refractivity (Wildman–Crippen MR) is 85.1 cm³/mol. The van der Waals surface area contributed by atoms with Gasteiger partial charge in [0.15, 0.2) is 0 Å². The van der Waals surface area contributed by atoms with Crippen molar-refractivity contribution in [2.75, 3.05) is 19.7 Å². The summed E-state index contributed by atoms with van der Waals surface area (Å²) < 4.78 is 5.96. The van der Waals surface area contributed by atoms with Crippen molar-refractivity contribution in [2.45, 2.75) is 76.5 Å². The lowest BCUT2D eigenvalue weighted by Gasteiger charge is -2.63. The quantitative estimate of drug-likeness (QED) is 0.869. The van der Waals surface area contributed by atoms with Gasteiger partial charge < -0.3 is 10.5 Å². The topological polar surface area (TPSA) is 38.5 Å². The Labute approximate surface area is 129 Å². The van der Waals surface area contributed by atoms with E-state index in [9.17, 15) is 0 Å². The smallest absolute Gasteiger partial charge is 0.0691 e. The first-order valence-corrected chi connectivity index (χ1v) is 9.18. The van der Waals surface area contributed by atoms with Gasteiger partial charge in [0.1, 0.15) is 0 Å². The highest BCUT2D eigenvalue weighted by Crippen LogP contribution is 2.58. The Bertz CT molecular complexity index is 404. The van der Waals surface area contributed by atoms with E-state index < -0.39 is 0 Å². The summed E-state index contributed by atoms with van der Waals surface area (Å²) in [6.45, 7) is 7.96. The average Bonchev–Trinajstić information content (AvgIpc) is 3.19. The maximum atomic E-state index is 6.98. The molecule has 0 aromatic heterocycles. The molecule has 0 bridgehead atoms. The van der Waals surface area contributed by atoms with Crippen LogP contribution in [0.15, 0.2) is 0 Å². The second-order valence-corrected chi connectivity index (χ2v) is 8.67. The molecule has 0 radical (unpaired) electrons. The van der Waals surface area contributed by atoms with Crippen LogP contribution in [-0.4, -0.2) is 42.3 Å². The summed E-state index contributed by atoms with van der Waals surface area (Å²) in [6, 6.07) is 0.824. The highest BCUT2D eigenvalue weighted by molar-refractivity contribution is 5.22. The van der Waals surface area contributed by atoms with E-state index in [1.165, 1.54) is 51.5 Å². The second kappa shape index (κ2) is 4.94. The molecule has 4 aliphatic rings. The molecule has 0 aromatic carbocycles. The van der Waals surface area contributed by atoms with Crippen LogP contribution in [0.5, 0.6) is 0 Å². The molecule has 2 aliphatic carbocycles. The van der Waals surface area contributed by atoms with Crippen LogP contribution in [0.1, 0.15) is 58.8 Å². The Hall–Kier alpha value is -0.120. The van der Waals surface area contributed by atoms with Crippen molar-refractivity contribution < 1.29 is 4.74 Å². The Balaban J connectivity index is 1.49. The standard InChI is InChI=1S/C18H32N2O/c1-17(2)16-14(9-11-21-16)18(17,19)12-20-10-5-8-15(20)13-6-3-4-7-13/h13-16H,3-12,19H2,1-2H3. The number of nitrogens with two attached hydrogens (primary N) is 1. The van der Waals surface area contributed by atoms with Crippen molar-refractivity contribution in [1.82, 2.24) is 4.90 Å². The van der Waals surface area contributed by atoms with Crippen molar-refractivity contribution in [3.63, 3.8) is 0 Å². The van der Waals surface area contributed by atoms with Crippen molar-refractivity contribution in [3.05, 3.63) is 0 Å². The van der Waals surface area contributed by atoms with Crippen LogP contribution >= 0.6 is 0 Å². The molecule has 21 heavy (non-hydrogen) atoms. The Morgan fingerprint density at radius 3 is 2.62 bits per heavy atom. The van der Waals surface area contributed by atoms with Crippen molar-refractivity contribution in [3.8, 4) is 0 Å². The van der Waals surface area contributed by atoms with E-state index in [1.54, 1.807) is 0 Å². The zero-order valence-electron chi connectivity index (χ0n) is 13.8. The monoisotopic (exact) mass is 292 g/mol. The average molecular weight is 292 g/mol. The van der Waals surface area contributed by atoms with E-state index in [4.69, 9.17) is 10.5 Å². The lowest BCUT2D eigenvalue weighted by Crippen LogP contribution is -2.78. The lowest BCUT2D eigenvalue weighted by molar-refractivity contribution is -0.164. The minimum Gasteiger partial charge on any atom is -0.377 e. The van der Waals surface area contributed by atoms with Crippen LogP contribution in [0.4, 0.5) is 0 Å². The normalized spacial score (nSPS) is 46.7. The number of rotatable bonds is 3. The molecule has 3 heteroatoms. The predicted octanol–water partition coefficient (Wildman–Crippen LogP) is 2.78. The molecular weight excluding hydrogens is 260 g/mol. The molecule has 4 fully saturated rings. The summed E-state index contributed by atoms with van der Waals surface area (Å²) in [5.41, 5.74) is 7.09. The summed E-state index contributed by atoms with van der Waals surface area (Å²) in [4.78, 5) is 2.77. The molecule has 2 saturated heterocycles. The number of ether oxygens (including phenoxy) is 1. The number of hydrogen-bond acceptors (Lipinski definition) is 3. The van der Waals surface area contributed by atoms with Crippen LogP contribution in [0, 0.1) is 17.3 Å². The molecule has 2 N–H and O–H groups in total. The van der Waals surface area contributed by atoms with Gasteiger partial charge in [-0.05, 0) is 44.6 Å². The molecule has 4 unspecified atom stereocenters. The highest BCUT2D eigenvalue weighted by Gasteiger charge is 2.68. The fourth-order valence-corrected chi connectivity index (χ4v) is 6.06. The molecule has 4 atom stereocenters. The van der Waals surface area contributed by atoms with Crippen LogP contribution in [-0.2, 0) is 4.74 Å². The van der Waals surface area contributed by atoms with E-state index >= 15 is 0 Å². The van der Waals surface area contributed by atoms with Gasteiger partial charge in [0.25, 0.3) is 0 Å². The van der Waals surface area contributed by atoms with Crippen LogP contribution in [0.2, 0.25) is 0 Å². The zero-order valence-corrected chi connectivity index (χ0v) is 13.8. The maximum absolute atomic E-state index is 6.98. The molecule has 0 amide bonds. The summed E-state index contributed by atoms with van der Waals surface area (Å²) in [6.07, 6.45) is 10.2. The number of nitrogens with zero attached hydrogens (tertiary/aromatic N) is 1. The van der Waals surface area contributed by atoms with Gasteiger partial charge in [-0.3, -0.25) is 4.90 Å². The van der Waals surface area contributed by atoms with Crippen molar-refractivity contribution in [1.29, 1.82) is 0 Å². The first-order chi connectivity index (χ1) is 10.0. The third kappa shape index (κ3) is 1.96. The van der Waals surface area contributed by atoms with Gasteiger partial charge in [0.05, 0.1) is 6.10 Å². The molecule has 0 spiro atoms. The Morgan fingerprint density at radius 2 is 1.86 bits per heavy atom. The second-order valence-electron chi connectivity index (χ2n) is 8.67. The Kier molecular flexibility index (Phi) is 3.40. The minimum atomic E-state index is -0.0324. The van der Waals surface area contributed by atoms with E-state index in [0.29, 0.717) is 12.0 Å². The third-order valence-corrected chi connectivity index (χ3v) is 7.49. The molecule has 120 valence electrons. The van der Waals surface area contributed by atoms with Gasteiger partial charge in [-0.15, -0.1) is 0 Å². The van der Waals surface area contributed by atoms with Gasteiger partial charge in [0, 0.05) is 36.1 Å². The minimum absolute atomic E-state index is 0.0324. The number of likely N-dealkylation sites (tertiary alicyclic amines) is 1. The van der Waals surface area contributed by atoms with Crippen molar-refractivity contribution in [2.24, 2.45) is 23.0 Å². The molecule has 2 heterocycles. The van der Waals surface area contributed by atoms with Gasteiger partial charge in [0.2, 0.25) is 0 Å². The van der Waals surface area contributed by atoms with Gasteiger partial charge in [-0.25, -0.2) is 0 Å². The van der Waals surface area contributed by atoms with Crippen LogP contribution < -0.4 is 5.73 Å². The molecule has 3 nitrogen and oxygen atoms in total. The number of hydrogen-bond donors (Lipinski definition) is 1. The SMILES string of the molecule is CC1(C)C2OCCC2C1(N)CN1CCCC1C1CCCC1. The molecule has 0 aromatic rings. The van der Waals surface area contributed by atoms with Gasteiger partial charge in [-0.1, -0.05) is 26.7 Å². The summed E-state index contributed by atoms with van der Waals surface area (Å²) in [5.74, 6) is 1.55. The lowest BCUT2D eigenvalue weighted by atomic mass is 9.48. The molecule has 2 aliphatic heterocycles.